The molecule has 1 aliphatic rings. The van der Waals surface area contributed by atoms with Crippen LogP contribution in [0.4, 0.5) is 0 Å². The predicted octanol–water partition coefficient (Wildman–Crippen LogP) is 2.66. The third-order valence-electron chi connectivity index (χ3n) is 2.47. The van der Waals surface area contributed by atoms with Gasteiger partial charge < -0.3 is 9.47 Å². The number of hydrogen-bond acceptors (Lipinski definition) is 3. The number of rotatable bonds is 3. The molecule has 86 valence electrons. The van der Waals surface area contributed by atoms with E-state index in [1.807, 2.05) is 6.92 Å². The molecule has 0 aromatic heterocycles. The van der Waals surface area contributed by atoms with Gasteiger partial charge in [-0.25, -0.2) is 0 Å². The van der Waals surface area contributed by atoms with Crippen LogP contribution in [0.2, 0.25) is 0 Å². The molecule has 3 nitrogen and oxygen atoms in total. The van der Waals surface area contributed by atoms with E-state index in [-0.39, 0.29) is 5.78 Å². The standard InChI is InChI=1S/C12H13ClO3/c1-2-9(13)12(14)8-3-4-10-11(7-8)16-6-5-15-10/h3-4,7,9H,2,5-6H2,1H3. The molecule has 2 rings (SSSR count). The molecule has 1 aliphatic heterocycles. The molecule has 0 N–H and O–H groups in total. The van der Waals surface area contributed by atoms with Crippen molar-refractivity contribution in [3.8, 4) is 11.5 Å². The van der Waals surface area contributed by atoms with Gasteiger partial charge in [0.25, 0.3) is 0 Å². The van der Waals surface area contributed by atoms with Gasteiger partial charge >= 0.3 is 0 Å². The molecule has 0 fully saturated rings. The zero-order valence-electron chi connectivity index (χ0n) is 9.03. The molecule has 0 spiro atoms. The summed E-state index contributed by atoms with van der Waals surface area (Å²) < 4.78 is 10.8. The molecule has 0 radical (unpaired) electrons. The number of hydrogen-bond donors (Lipinski definition) is 0. The Morgan fingerprint density at radius 1 is 1.38 bits per heavy atom. The molecule has 0 amide bonds. The lowest BCUT2D eigenvalue weighted by Crippen LogP contribution is -2.17. The highest BCUT2D eigenvalue weighted by atomic mass is 35.5. The summed E-state index contributed by atoms with van der Waals surface area (Å²) in [5, 5.41) is -0.470. The van der Waals surface area contributed by atoms with Crippen LogP contribution in [-0.4, -0.2) is 24.4 Å². The average molecular weight is 241 g/mol. The first-order valence-electron chi connectivity index (χ1n) is 5.30. The van der Waals surface area contributed by atoms with Crippen LogP contribution >= 0.6 is 11.6 Å². The molecule has 0 saturated carbocycles. The monoisotopic (exact) mass is 240 g/mol. The minimum Gasteiger partial charge on any atom is -0.486 e. The summed E-state index contributed by atoms with van der Waals surface area (Å²) in [4.78, 5) is 11.8. The second-order valence-electron chi connectivity index (χ2n) is 3.60. The number of Topliss-reactive ketones (excluding diaryl/α,β-unsaturated/α-hetero) is 1. The van der Waals surface area contributed by atoms with Crippen molar-refractivity contribution in [3.63, 3.8) is 0 Å². The molecular formula is C12H13ClO3. The van der Waals surface area contributed by atoms with Crippen LogP contribution in [0.15, 0.2) is 18.2 Å². The van der Waals surface area contributed by atoms with Gasteiger partial charge in [-0.2, -0.15) is 0 Å². The minimum absolute atomic E-state index is 0.0684. The van der Waals surface area contributed by atoms with E-state index >= 15 is 0 Å². The topological polar surface area (TPSA) is 35.5 Å². The lowest BCUT2D eigenvalue weighted by Gasteiger charge is -2.18. The molecule has 0 saturated heterocycles. The molecule has 0 aliphatic carbocycles. The molecule has 16 heavy (non-hydrogen) atoms. The van der Waals surface area contributed by atoms with Crippen molar-refractivity contribution in [2.75, 3.05) is 13.2 Å². The van der Waals surface area contributed by atoms with E-state index in [1.165, 1.54) is 0 Å². The van der Waals surface area contributed by atoms with Gasteiger partial charge in [0, 0.05) is 5.56 Å². The first-order chi connectivity index (χ1) is 7.72. The number of fused-ring (bicyclic) bond motifs is 1. The molecule has 1 heterocycles. The number of alkyl halides is 1. The fourth-order valence-corrected chi connectivity index (χ4v) is 1.69. The van der Waals surface area contributed by atoms with Gasteiger partial charge in [0.15, 0.2) is 17.3 Å². The summed E-state index contributed by atoms with van der Waals surface area (Å²) in [6.45, 7) is 2.95. The summed E-state index contributed by atoms with van der Waals surface area (Å²) in [6.07, 6.45) is 0.620. The van der Waals surface area contributed by atoms with E-state index in [2.05, 4.69) is 0 Å². The van der Waals surface area contributed by atoms with E-state index in [0.717, 1.165) is 0 Å². The molecule has 4 heteroatoms. The Labute approximate surface area is 99.3 Å². The Balaban J connectivity index is 2.26. The van der Waals surface area contributed by atoms with Gasteiger partial charge in [-0.05, 0) is 24.6 Å². The quantitative estimate of drug-likeness (QED) is 0.602. The summed E-state index contributed by atoms with van der Waals surface area (Å²) in [5.74, 6) is 1.24. The van der Waals surface area contributed by atoms with Crippen molar-refractivity contribution in [2.24, 2.45) is 0 Å². The lowest BCUT2D eigenvalue weighted by molar-refractivity contribution is 0.0984. The third kappa shape index (κ3) is 2.14. The predicted molar refractivity (Wildman–Crippen MR) is 61.7 cm³/mol. The SMILES string of the molecule is CCC(Cl)C(=O)c1ccc2c(c1)OCCO2. The van der Waals surface area contributed by atoms with Crippen molar-refractivity contribution in [3.05, 3.63) is 23.8 Å². The Morgan fingerprint density at radius 3 is 2.75 bits per heavy atom. The number of ketones is 1. The second kappa shape index (κ2) is 4.74. The van der Waals surface area contributed by atoms with Crippen LogP contribution < -0.4 is 9.47 Å². The molecule has 1 aromatic carbocycles. The van der Waals surface area contributed by atoms with Crippen molar-refractivity contribution in [1.82, 2.24) is 0 Å². The molecule has 1 unspecified atom stereocenters. The van der Waals surface area contributed by atoms with Crippen LogP contribution in [0.5, 0.6) is 11.5 Å². The van der Waals surface area contributed by atoms with Crippen molar-refractivity contribution in [2.45, 2.75) is 18.7 Å². The zero-order valence-corrected chi connectivity index (χ0v) is 9.79. The molecular weight excluding hydrogens is 228 g/mol. The summed E-state index contributed by atoms with van der Waals surface area (Å²) in [6, 6.07) is 5.17. The first kappa shape index (κ1) is 11.3. The van der Waals surface area contributed by atoms with Gasteiger partial charge in [-0.15, -0.1) is 11.6 Å². The van der Waals surface area contributed by atoms with Crippen molar-refractivity contribution >= 4 is 17.4 Å². The van der Waals surface area contributed by atoms with Crippen molar-refractivity contribution in [1.29, 1.82) is 0 Å². The summed E-state index contributed by atoms with van der Waals surface area (Å²) in [7, 11) is 0. The van der Waals surface area contributed by atoms with Gasteiger partial charge in [-0.1, -0.05) is 6.92 Å². The average Bonchev–Trinajstić information content (AvgIpc) is 2.36. The van der Waals surface area contributed by atoms with E-state index in [1.54, 1.807) is 18.2 Å². The maximum atomic E-state index is 11.8. The first-order valence-corrected chi connectivity index (χ1v) is 5.74. The van der Waals surface area contributed by atoms with Crippen molar-refractivity contribution < 1.29 is 14.3 Å². The summed E-state index contributed by atoms with van der Waals surface area (Å²) in [5.41, 5.74) is 0.575. The largest absolute Gasteiger partial charge is 0.486 e. The molecule has 1 atom stereocenters. The van der Waals surface area contributed by atoms with E-state index in [9.17, 15) is 4.79 Å². The molecule has 1 aromatic rings. The van der Waals surface area contributed by atoms with Crippen LogP contribution in [-0.2, 0) is 0 Å². The lowest BCUT2D eigenvalue weighted by atomic mass is 10.1. The smallest absolute Gasteiger partial charge is 0.180 e. The van der Waals surface area contributed by atoms with Crippen LogP contribution in [0.25, 0.3) is 0 Å². The number of carbonyl (C=O) groups excluding carboxylic acids is 1. The number of benzene rings is 1. The highest BCUT2D eigenvalue weighted by molar-refractivity contribution is 6.33. The maximum Gasteiger partial charge on any atom is 0.180 e. The second-order valence-corrected chi connectivity index (χ2v) is 4.13. The van der Waals surface area contributed by atoms with Crippen LogP contribution in [0, 0.1) is 0 Å². The minimum atomic E-state index is -0.470. The maximum absolute atomic E-state index is 11.8. The van der Waals surface area contributed by atoms with E-state index < -0.39 is 5.38 Å². The normalized spacial score (nSPS) is 15.6. The van der Waals surface area contributed by atoms with E-state index in [4.69, 9.17) is 21.1 Å². The molecule has 0 bridgehead atoms. The van der Waals surface area contributed by atoms with Gasteiger partial charge in [0.2, 0.25) is 0 Å². The Kier molecular flexibility index (Phi) is 3.34. The van der Waals surface area contributed by atoms with Gasteiger partial charge in [0.1, 0.15) is 13.2 Å². The number of carbonyl (C=O) groups is 1. The van der Waals surface area contributed by atoms with Gasteiger partial charge in [0.05, 0.1) is 5.38 Å². The highest BCUT2D eigenvalue weighted by Gasteiger charge is 2.19. The third-order valence-corrected chi connectivity index (χ3v) is 2.98. The zero-order chi connectivity index (χ0) is 11.5. The summed E-state index contributed by atoms with van der Waals surface area (Å²) >= 11 is 5.91. The Hall–Kier alpha value is -1.22. The van der Waals surface area contributed by atoms with Crippen LogP contribution in [0.3, 0.4) is 0 Å². The fourth-order valence-electron chi connectivity index (χ4n) is 1.56. The number of ether oxygens (including phenoxy) is 2. The highest BCUT2D eigenvalue weighted by Crippen LogP contribution is 2.31. The number of halogens is 1. The fraction of sp³-hybridized carbons (Fsp3) is 0.417. The Morgan fingerprint density at radius 2 is 2.06 bits per heavy atom. The Bertz CT molecular complexity index is 403. The van der Waals surface area contributed by atoms with E-state index in [0.29, 0.717) is 36.7 Å². The van der Waals surface area contributed by atoms with Crippen LogP contribution in [0.1, 0.15) is 23.7 Å². The van der Waals surface area contributed by atoms with Gasteiger partial charge in [-0.3, -0.25) is 4.79 Å².